The van der Waals surface area contributed by atoms with Crippen LogP contribution < -0.4 is 5.32 Å². The lowest BCUT2D eigenvalue weighted by atomic mass is 10.1. The summed E-state index contributed by atoms with van der Waals surface area (Å²) in [6, 6.07) is 12.3. The van der Waals surface area contributed by atoms with Crippen molar-refractivity contribution in [3.63, 3.8) is 0 Å². The Kier molecular flexibility index (Phi) is 4.21. The van der Waals surface area contributed by atoms with Crippen molar-refractivity contribution >= 4 is 27.7 Å². The maximum atomic E-state index is 13.0. The molecular weight excluding hydrogens is 314 g/mol. The number of halogens is 2. The summed E-state index contributed by atoms with van der Waals surface area (Å²) in [5.74, 6) is -0.558. The minimum Gasteiger partial charge on any atom is -0.332 e. The molecule has 1 aromatic heterocycles. The number of benzene rings is 2. The molecule has 0 aliphatic rings. The van der Waals surface area contributed by atoms with Gasteiger partial charge in [-0.1, -0.05) is 30.0 Å². The SMILES string of the molecule is C=C(c1ccc(F)cc1)c1sc(Nc2ccc(F)cc2)nc1C. The van der Waals surface area contributed by atoms with E-state index in [1.54, 1.807) is 24.3 Å². The Labute approximate surface area is 137 Å². The van der Waals surface area contributed by atoms with Gasteiger partial charge in [0.05, 0.1) is 10.6 Å². The number of thiazole rings is 1. The number of aromatic nitrogens is 1. The summed E-state index contributed by atoms with van der Waals surface area (Å²) >= 11 is 1.46. The number of rotatable bonds is 4. The van der Waals surface area contributed by atoms with Gasteiger partial charge in [-0.25, -0.2) is 13.8 Å². The standard InChI is InChI=1S/C18H14F2N2S/c1-11(13-3-5-14(19)6-4-13)17-12(2)21-18(23-17)22-16-9-7-15(20)8-10-16/h3-10H,1H2,2H3,(H,21,22). The summed E-state index contributed by atoms with van der Waals surface area (Å²) in [6.07, 6.45) is 0. The van der Waals surface area contributed by atoms with Crippen molar-refractivity contribution in [3.8, 4) is 0 Å². The first-order chi connectivity index (χ1) is 11.0. The van der Waals surface area contributed by atoms with E-state index < -0.39 is 0 Å². The Morgan fingerprint density at radius 2 is 1.57 bits per heavy atom. The number of aryl methyl sites for hydroxylation is 1. The van der Waals surface area contributed by atoms with E-state index in [2.05, 4.69) is 16.9 Å². The highest BCUT2D eigenvalue weighted by molar-refractivity contribution is 7.16. The van der Waals surface area contributed by atoms with Crippen LogP contribution in [0.2, 0.25) is 0 Å². The zero-order chi connectivity index (χ0) is 16.4. The number of nitrogens with one attached hydrogen (secondary N) is 1. The molecule has 3 rings (SSSR count). The highest BCUT2D eigenvalue weighted by Crippen LogP contribution is 2.33. The van der Waals surface area contributed by atoms with Crippen LogP contribution in [0.3, 0.4) is 0 Å². The zero-order valence-electron chi connectivity index (χ0n) is 12.4. The van der Waals surface area contributed by atoms with Crippen LogP contribution in [0, 0.1) is 18.6 Å². The van der Waals surface area contributed by atoms with Gasteiger partial charge >= 0.3 is 0 Å². The van der Waals surface area contributed by atoms with Gasteiger partial charge in [-0.05, 0) is 54.5 Å². The van der Waals surface area contributed by atoms with Crippen molar-refractivity contribution in [2.75, 3.05) is 5.32 Å². The molecule has 3 aromatic rings. The van der Waals surface area contributed by atoms with E-state index in [1.165, 1.54) is 35.6 Å². The number of hydrogen-bond donors (Lipinski definition) is 1. The third-order valence-electron chi connectivity index (χ3n) is 3.36. The highest BCUT2D eigenvalue weighted by Gasteiger charge is 2.12. The molecule has 0 saturated carbocycles. The average molecular weight is 328 g/mol. The molecule has 2 nitrogen and oxygen atoms in total. The lowest BCUT2D eigenvalue weighted by Gasteiger charge is -2.04. The van der Waals surface area contributed by atoms with Crippen LogP contribution >= 0.6 is 11.3 Å². The van der Waals surface area contributed by atoms with E-state index in [1.807, 2.05) is 6.92 Å². The van der Waals surface area contributed by atoms with Crippen LogP contribution in [0.1, 0.15) is 16.1 Å². The van der Waals surface area contributed by atoms with Crippen LogP contribution in [0.15, 0.2) is 55.1 Å². The monoisotopic (exact) mass is 328 g/mol. The van der Waals surface area contributed by atoms with Crippen LogP contribution in [0.4, 0.5) is 19.6 Å². The molecule has 1 heterocycles. The summed E-state index contributed by atoms with van der Waals surface area (Å²) in [6.45, 7) is 5.99. The molecule has 23 heavy (non-hydrogen) atoms. The molecule has 1 N–H and O–H groups in total. The van der Waals surface area contributed by atoms with Gasteiger partial charge in [0, 0.05) is 5.69 Å². The molecule has 5 heteroatoms. The van der Waals surface area contributed by atoms with Gasteiger partial charge in [-0.2, -0.15) is 0 Å². The van der Waals surface area contributed by atoms with E-state index in [9.17, 15) is 8.78 Å². The lowest BCUT2D eigenvalue weighted by molar-refractivity contribution is 0.627. The maximum Gasteiger partial charge on any atom is 0.187 e. The normalized spacial score (nSPS) is 10.6. The average Bonchev–Trinajstić information content (AvgIpc) is 2.90. The van der Waals surface area contributed by atoms with Crippen molar-refractivity contribution in [3.05, 3.63) is 82.9 Å². The van der Waals surface area contributed by atoms with E-state index >= 15 is 0 Å². The topological polar surface area (TPSA) is 24.9 Å². The number of nitrogens with zero attached hydrogens (tertiary/aromatic N) is 1. The summed E-state index contributed by atoms with van der Waals surface area (Å²) < 4.78 is 26.0. The quantitative estimate of drug-likeness (QED) is 0.680. The predicted molar refractivity (Wildman–Crippen MR) is 91.1 cm³/mol. The molecule has 0 aliphatic heterocycles. The minimum atomic E-state index is -0.281. The largest absolute Gasteiger partial charge is 0.332 e. The van der Waals surface area contributed by atoms with Crippen LogP contribution in [-0.2, 0) is 0 Å². The van der Waals surface area contributed by atoms with Crippen molar-refractivity contribution in [2.24, 2.45) is 0 Å². The third kappa shape index (κ3) is 3.46. The van der Waals surface area contributed by atoms with Crippen LogP contribution in [0.25, 0.3) is 5.57 Å². The fraction of sp³-hybridized carbons (Fsp3) is 0.0556. The molecule has 0 saturated heterocycles. The first kappa shape index (κ1) is 15.4. The molecular formula is C18H14F2N2S. The molecule has 0 fully saturated rings. The molecule has 0 aliphatic carbocycles. The lowest BCUT2D eigenvalue weighted by Crippen LogP contribution is -1.89. The summed E-state index contributed by atoms with van der Waals surface area (Å²) in [7, 11) is 0. The third-order valence-corrected chi connectivity index (χ3v) is 4.49. The molecule has 2 aromatic carbocycles. The smallest absolute Gasteiger partial charge is 0.187 e. The molecule has 0 radical (unpaired) electrons. The minimum absolute atomic E-state index is 0.277. The van der Waals surface area contributed by atoms with Crippen molar-refractivity contribution in [1.82, 2.24) is 4.98 Å². The predicted octanol–water partition coefficient (Wildman–Crippen LogP) is 5.53. The van der Waals surface area contributed by atoms with E-state index in [-0.39, 0.29) is 11.6 Å². The summed E-state index contributed by atoms with van der Waals surface area (Å²) in [5, 5.41) is 3.85. The first-order valence-corrected chi connectivity index (χ1v) is 7.80. The van der Waals surface area contributed by atoms with Gasteiger partial charge in [-0.15, -0.1) is 0 Å². The Morgan fingerprint density at radius 3 is 2.17 bits per heavy atom. The van der Waals surface area contributed by atoms with Crippen LogP contribution in [-0.4, -0.2) is 4.98 Å². The number of hydrogen-bond acceptors (Lipinski definition) is 3. The second kappa shape index (κ2) is 6.30. The number of anilines is 2. The Bertz CT molecular complexity index is 836. The maximum absolute atomic E-state index is 13.0. The summed E-state index contributed by atoms with van der Waals surface area (Å²) in [5.41, 5.74) is 3.26. The molecule has 116 valence electrons. The van der Waals surface area contributed by atoms with Gasteiger partial charge in [0.25, 0.3) is 0 Å². The van der Waals surface area contributed by atoms with E-state index in [0.29, 0.717) is 5.13 Å². The van der Waals surface area contributed by atoms with Gasteiger partial charge in [-0.3, -0.25) is 0 Å². The first-order valence-electron chi connectivity index (χ1n) is 6.98. The Balaban J connectivity index is 1.84. The summed E-state index contributed by atoms with van der Waals surface area (Å²) in [4.78, 5) is 5.40. The fourth-order valence-corrected chi connectivity index (χ4v) is 3.15. The second-order valence-corrected chi connectivity index (χ2v) is 6.05. The molecule has 0 atom stereocenters. The molecule has 0 amide bonds. The van der Waals surface area contributed by atoms with Gasteiger partial charge < -0.3 is 5.32 Å². The zero-order valence-corrected chi connectivity index (χ0v) is 13.3. The Morgan fingerprint density at radius 1 is 1.00 bits per heavy atom. The van der Waals surface area contributed by atoms with E-state index in [4.69, 9.17) is 0 Å². The van der Waals surface area contributed by atoms with E-state index in [0.717, 1.165) is 27.4 Å². The fourth-order valence-electron chi connectivity index (χ4n) is 2.17. The van der Waals surface area contributed by atoms with Crippen molar-refractivity contribution in [2.45, 2.75) is 6.92 Å². The molecule has 0 bridgehead atoms. The van der Waals surface area contributed by atoms with Gasteiger partial charge in [0.15, 0.2) is 5.13 Å². The van der Waals surface area contributed by atoms with Crippen molar-refractivity contribution in [1.29, 1.82) is 0 Å². The van der Waals surface area contributed by atoms with Gasteiger partial charge in [0.1, 0.15) is 11.6 Å². The van der Waals surface area contributed by atoms with Gasteiger partial charge in [0.2, 0.25) is 0 Å². The Hall–Kier alpha value is -2.53. The highest BCUT2D eigenvalue weighted by atomic mass is 32.1. The molecule has 0 unspecified atom stereocenters. The van der Waals surface area contributed by atoms with Crippen molar-refractivity contribution < 1.29 is 8.78 Å². The molecule has 0 spiro atoms. The second-order valence-electron chi connectivity index (χ2n) is 5.05. The van der Waals surface area contributed by atoms with Crippen LogP contribution in [0.5, 0.6) is 0 Å².